The van der Waals surface area contributed by atoms with Crippen LogP contribution in [-0.4, -0.2) is 0 Å². The van der Waals surface area contributed by atoms with Crippen molar-refractivity contribution in [2.45, 2.75) is 17.8 Å². The van der Waals surface area contributed by atoms with Gasteiger partial charge in [0.1, 0.15) is 11.5 Å². The van der Waals surface area contributed by atoms with Gasteiger partial charge in [0, 0.05) is 11.1 Å². The molecular formula is C49H32O. The van der Waals surface area contributed by atoms with E-state index in [1.54, 1.807) is 0 Å². The van der Waals surface area contributed by atoms with Crippen LogP contribution < -0.4 is 4.74 Å². The van der Waals surface area contributed by atoms with Gasteiger partial charge in [0.05, 0.1) is 10.8 Å². The van der Waals surface area contributed by atoms with Gasteiger partial charge in [-0.1, -0.05) is 164 Å². The number of hydrogen-bond donors (Lipinski definition) is 0. The minimum absolute atomic E-state index is 0.441. The molecule has 1 heterocycles. The van der Waals surface area contributed by atoms with Crippen molar-refractivity contribution in [1.29, 1.82) is 0 Å². The number of hydrogen-bond acceptors (Lipinski definition) is 1. The van der Waals surface area contributed by atoms with Gasteiger partial charge >= 0.3 is 0 Å². The molecule has 8 aromatic carbocycles. The topological polar surface area (TPSA) is 9.23 Å². The van der Waals surface area contributed by atoms with E-state index in [4.69, 9.17) is 4.74 Å². The summed E-state index contributed by atoms with van der Waals surface area (Å²) in [6.07, 6.45) is 0. The standard InChI is InChI=1S/C49H32O/c1-48(32-16-3-2-4-17-32)41-25-11-12-27-43(41)50-44-28-14-22-36(47(44)48)35-21-13-26-42-45(35)38-20-8-10-24-40(38)49(42)39-23-9-7-19-34(39)37-30-29-31-15-5-6-18-33(31)46(37)49/h2-30H,1H3. The van der Waals surface area contributed by atoms with Crippen LogP contribution in [0.3, 0.4) is 0 Å². The highest BCUT2D eigenvalue weighted by Crippen LogP contribution is 2.66. The van der Waals surface area contributed by atoms with Crippen LogP contribution in [0, 0.1) is 0 Å². The third kappa shape index (κ3) is 3.32. The first-order valence-corrected chi connectivity index (χ1v) is 17.5. The van der Waals surface area contributed by atoms with Crippen molar-refractivity contribution in [3.05, 3.63) is 215 Å². The van der Waals surface area contributed by atoms with Gasteiger partial charge in [0.25, 0.3) is 0 Å². The number of rotatable bonds is 2. The Bertz CT molecular complexity index is 2700. The summed E-state index contributed by atoms with van der Waals surface area (Å²) in [6.45, 7) is 2.38. The van der Waals surface area contributed by atoms with Crippen molar-refractivity contribution in [3.8, 4) is 44.9 Å². The van der Waals surface area contributed by atoms with Crippen molar-refractivity contribution < 1.29 is 4.74 Å². The second-order valence-corrected chi connectivity index (χ2v) is 14.0. The summed E-state index contributed by atoms with van der Waals surface area (Å²) in [4.78, 5) is 0. The number of benzene rings is 8. The molecule has 1 heteroatoms. The first-order valence-electron chi connectivity index (χ1n) is 17.5. The van der Waals surface area contributed by atoms with E-state index in [1.807, 2.05) is 0 Å². The molecule has 0 bridgehead atoms. The van der Waals surface area contributed by atoms with Gasteiger partial charge in [-0.3, -0.25) is 0 Å². The van der Waals surface area contributed by atoms with Crippen molar-refractivity contribution in [3.63, 3.8) is 0 Å². The first kappa shape index (κ1) is 27.7. The third-order valence-electron chi connectivity index (χ3n) is 11.8. The molecule has 0 radical (unpaired) electrons. The fourth-order valence-electron chi connectivity index (χ4n) is 9.84. The lowest BCUT2D eigenvalue weighted by Gasteiger charge is -2.39. The number of ether oxygens (including phenoxy) is 1. The third-order valence-corrected chi connectivity index (χ3v) is 11.8. The Balaban J connectivity index is 1.27. The molecule has 2 unspecified atom stereocenters. The van der Waals surface area contributed by atoms with E-state index in [0.717, 1.165) is 11.5 Å². The molecule has 0 aromatic heterocycles. The molecule has 50 heavy (non-hydrogen) atoms. The smallest absolute Gasteiger partial charge is 0.132 e. The molecular weight excluding hydrogens is 605 g/mol. The Morgan fingerprint density at radius 1 is 0.380 bits per heavy atom. The SMILES string of the molecule is CC1(c2ccccc2)c2ccccc2Oc2cccc(-c3cccc4c3-c3ccccc3C43c4ccccc4-c4ccc5ccccc5c43)c21. The van der Waals surface area contributed by atoms with Crippen LogP contribution in [0.4, 0.5) is 0 Å². The molecule has 1 spiro atoms. The highest BCUT2D eigenvalue weighted by atomic mass is 16.5. The Labute approximate surface area is 292 Å². The normalized spacial score (nSPS) is 18.8. The maximum atomic E-state index is 6.78. The van der Waals surface area contributed by atoms with E-state index < -0.39 is 10.8 Å². The molecule has 234 valence electrons. The van der Waals surface area contributed by atoms with Crippen LogP contribution in [-0.2, 0) is 10.8 Å². The van der Waals surface area contributed by atoms with Gasteiger partial charge < -0.3 is 4.74 Å². The van der Waals surface area contributed by atoms with Crippen molar-refractivity contribution in [1.82, 2.24) is 0 Å². The summed E-state index contributed by atoms with van der Waals surface area (Å²) in [5.41, 5.74) is 15.9. The van der Waals surface area contributed by atoms with Crippen molar-refractivity contribution in [2.75, 3.05) is 0 Å². The summed E-state index contributed by atoms with van der Waals surface area (Å²) >= 11 is 0. The lowest BCUT2D eigenvalue weighted by Crippen LogP contribution is -2.30. The molecule has 0 saturated heterocycles. The van der Waals surface area contributed by atoms with E-state index >= 15 is 0 Å². The average Bonchev–Trinajstić information content (AvgIpc) is 3.66. The quantitative estimate of drug-likeness (QED) is 0.183. The molecule has 0 amide bonds. The lowest BCUT2D eigenvalue weighted by atomic mass is 9.66. The maximum absolute atomic E-state index is 6.78. The second kappa shape index (κ2) is 9.94. The van der Waals surface area contributed by atoms with Gasteiger partial charge in [-0.25, -0.2) is 0 Å². The molecule has 0 fully saturated rings. The monoisotopic (exact) mass is 636 g/mol. The molecule has 2 atom stereocenters. The fraction of sp³-hybridized carbons (Fsp3) is 0.0612. The van der Waals surface area contributed by atoms with Crippen molar-refractivity contribution >= 4 is 10.8 Å². The Morgan fingerprint density at radius 3 is 1.82 bits per heavy atom. The average molecular weight is 637 g/mol. The van der Waals surface area contributed by atoms with Crippen LogP contribution in [0.5, 0.6) is 11.5 Å². The van der Waals surface area contributed by atoms with E-state index in [0.29, 0.717) is 0 Å². The zero-order chi connectivity index (χ0) is 33.0. The molecule has 3 aliphatic rings. The largest absolute Gasteiger partial charge is 0.457 e. The van der Waals surface area contributed by atoms with Gasteiger partial charge in [-0.05, 0) is 91.0 Å². The molecule has 8 aromatic rings. The molecule has 0 N–H and O–H groups in total. The van der Waals surface area contributed by atoms with E-state index in [9.17, 15) is 0 Å². The minimum atomic E-state index is -0.449. The van der Waals surface area contributed by atoms with Gasteiger partial charge in [-0.15, -0.1) is 0 Å². The van der Waals surface area contributed by atoms with Crippen LogP contribution in [0.15, 0.2) is 176 Å². The molecule has 1 aliphatic heterocycles. The Morgan fingerprint density at radius 2 is 0.960 bits per heavy atom. The lowest BCUT2D eigenvalue weighted by molar-refractivity contribution is 0.428. The summed E-state index contributed by atoms with van der Waals surface area (Å²) in [5, 5.41) is 2.58. The van der Waals surface area contributed by atoms with E-state index in [2.05, 4.69) is 183 Å². The van der Waals surface area contributed by atoms with Crippen LogP contribution >= 0.6 is 0 Å². The van der Waals surface area contributed by atoms with E-state index in [1.165, 1.54) is 83.1 Å². The molecule has 0 saturated carbocycles. The zero-order valence-electron chi connectivity index (χ0n) is 27.7. The molecule has 2 aliphatic carbocycles. The summed E-state index contributed by atoms with van der Waals surface area (Å²) < 4.78 is 6.78. The van der Waals surface area contributed by atoms with E-state index in [-0.39, 0.29) is 0 Å². The summed E-state index contributed by atoms with van der Waals surface area (Å²) in [5.74, 6) is 1.82. The summed E-state index contributed by atoms with van der Waals surface area (Å²) in [7, 11) is 0. The van der Waals surface area contributed by atoms with Crippen LogP contribution in [0.2, 0.25) is 0 Å². The van der Waals surface area contributed by atoms with Gasteiger partial charge in [-0.2, -0.15) is 0 Å². The highest BCUT2D eigenvalue weighted by molar-refractivity contribution is 6.06. The Hall–Kier alpha value is -6.18. The fourth-order valence-corrected chi connectivity index (χ4v) is 9.84. The second-order valence-electron chi connectivity index (χ2n) is 14.0. The number of fused-ring (bicyclic) bond motifs is 14. The number of para-hydroxylation sites is 1. The highest BCUT2D eigenvalue weighted by Gasteiger charge is 2.53. The summed E-state index contributed by atoms with van der Waals surface area (Å²) in [6, 6.07) is 64.9. The molecule has 1 nitrogen and oxygen atoms in total. The van der Waals surface area contributed by atoms with Gasteiger partial charge in [0.15, 0.2) is 0 Å². The minimum Gasteiger partial charge on any atom is -0.457 e. The van der Waals surface area contributed by atoms with Crippen molar-refractivity contribution in [2.24, 2.45) is 0 Å². The first-order chi connectivity index (χ1) is 24.7. The maximum Gasteiger partial charge on any atom is 0.132 e. The Kier molecular flexibility index (Phi) is 5.51. The van der Waals surface area contributed by atoms with Crippen LogP contribution in [0.1, 0.15) is 45.9 Å². The zero-order valence-corrected chi connectivity index (χ0v) is 27.7. The van der Waals surface area contributed by atoms with Crippen LogP contribution in [0.25, 0.3) is 44.2 Å². The molecule has 11 rings (SSSR count). The predicted molar refractivity (Wildman–Crippen MR) is 204 cm³/mol. The predicted octanol–water partition coefficient (Wildman–Crippen LogP) is 12.3. The van der Waals surface area contributed by atoms with Gasteiger partial charge in [0.2, 0.25) is 0 Å².